The second-order valence-corrected chi connectivity index (χ2v) is 6.02. The number of esters is 1. The predicted octanol–water partition coefficient (Wildman–Crippen LogP) is 3.82. The Bertz CT molecular complexity index is 504. The van der Waals surface area contributed by atoms with Crippen LogP contribution in [0.25, 0.3) is 0 Å². The number of ether oxygens (including phenoxy) is 1. The van der Waals surface area contributed by atoms with Crippen LogP contribution in [0.2, 0.25) is 5.02 Å². The molecule has 116 valence electrons. The summed E-state index contributed by atoms with van der Waals surface area (Å²) in [7, 11) is 0. The molecule has 0 unspecified atom stereocenters. The number of carbonyl (C=O) groups is 1. The number of benzene rings is 1. The second-order valence-electron chi connectivity index (χ2n) is 5.61. The lowest BCUT2D eigenvalue weighted by atomic mass is 9.88. The second kappa shape index (κ2) is 7.28. The van der Waals surface area contributed by atoms with Crippen LogP contribution < -0.4 is 5.32 Å². The Morgan fingerprint density at radius 1 is 1.43 bits per heavy atom. The van der Waals surface area contributed by atoms with Gasteiger partial charge in [0.25, 0.3) is 0 Å². The van der Waals surface area contributed by atoms with Crippen LogP contribution in [0.15, 0.2) is 18.2 Å². The summed E-state index contributed by atoms with van der Waals surface area (Å²) in [6, 6.07) is 5.98. The summed E-state index contributed by atoms with van der Waals surface area (Å²) >= 11 is 6.31. The summed E-state index contributed by atoms with van der Waals surface area (Å²) in [5.41, 5.74) is 2.02. The Labute approximate surface area is 132 Å². The first-order valence-electron chi connectivity index (χ1n) is 7.81. The van der Waals surface area contributed by atoms with Crippen LogP contribution in [0.5, 0.6) is 0 Å². The maximum Gasteiger partial charge on any atom is 0.308 e. The fraction of sp³-hybridized carbons (Fsp3) is 0.588. The topological polar surface area (TPSA) is 38.3 Å². The Kier molecular flexibility index (Phi) is 5.65. The van der Waals surface area contributed by atoms with Crippen LogP contribution in [-0.2, 0) is 21.5 Å². The molecule has 0 saturated heterocycles. The van der Waals surface area contributed by atoms with E-state index in [-0.39, 0.29) is 11.5 Å². The van der Waals surface area contributed by atoms with Crippen molar-refractivity contribution >= 4 is 17.6 Å². The average molecular weight is 310 g/mol. The summed E-state index contributed by atoms with van der Waals surface area (Å²) in [5, 5.41) is 4.41. The molecule has 21 heavy (non-hydrogen) atoms. The molecule has 1 aliphatic rings. The van der Waals surface area contributed by atoms with E-state index in [9.17, 15) is 4.79 Å². The highest BCUT2D eigenvalue weighted by atomic mass is 35.5. The SMILES string of the molecule is CCCCN[C@]1(CC(=O)OCC)CCc2c(Cl)cccc21. The molecule has 0 radical (unpaired) electrons. The van der Waals surface area contributed by atoms with Gasteiger partial charge in [-0.3, -0.25) is 4.79 Å². The maximum atomic E-state index is 12.0. The molecule has 0 bridgehead atoms. The zero-order valence-corrected chi connectivity index (χ0v) is 13.6. The van der Waals surface area contributed by atoms with Gasteiger partial charge in [0.2, 0.25) is 0 Å². The van der Waals surface area contributed by atoms with E-state index in [0.717, 1.165) is 37.3 Å². The van der Waals surface area contributed by atoms with Gasteiger partial charge in [0, 0.05) is 5.02 Å². The van der Waals surface area contributed by atoms with E-state index >= 15 is 0 Å². The van der Waals surface area contributed by atoms with Gasteiger partial charge >= 0.3 is 5.97 Å². The molecule has 0 heterocycles. The van der Waals surface area contributed by atoms with Crippen LogP contribution >= 0.6 is 11.6 Å². The van der Waals surface area contributed by atoms with Crippen molar-refractivity contribution in [1.82, 2.24) is 5.32 Å². The van der Waals surface area contributed by atoms with Gasteiger partial charge in [-0.05, 0) is 49.9 Å². The number of fused-ring (bicyclic) bond motifs is 1. The van der Waals surface area contributed by atoms with Crippen molar-refractivity contribution < 1.29 is 9.53 Å². The van der Waals surface area contributed by atoms with Crippen LogP contribution in [0.4, 0.5) is 0 Å². The number of carbonyl (C=O) groups excluding carboxylic acids is 1. The number of nitrogens with one attached hydrogen (secondary N) is 1. The highest BCUT2D eigenvalue weighted by Gasteiger charge is 2.41. The fourth-order valence-corrected chi connectivity index (χ4v) is 3.40. The van der Waals surface area contributed by atoms with Crippen LogP contribution in [0.3, 0.4) is 0 Å². The third-order valence-electron chi connectivity index (χ3n) is 4.18. The van der Waals surface area contributed by atoms with Crippen molar-refractivity contribution in [3.05, 3.63) is 34.3 Å². The van der Waals surface area contributed by atoms with Crippen LogP contribution in [-0.4, -0.2) is 19.1 Å². The van der Waals surface area contributed by atoms with E-state index in [4.69, 9.17) is 16.3 Å². The van der Waals surface area contributed by atoms with Gasteiger partial charge in [0.15, 0.2) is 0 Å². The average Bonchev–Trinajstić information content (AvgIpc) is 2.80. The maximum absolute atomic E-state index is 12.0. The number of hydrogen-bond donors (Lipinski definition) is 1. The van der Waals surface area contributed by atoms with E-state index < -0.39 is 0 Å². The molecule has 1 aromatic rings. The molecular formula is C17H24ClNO2. The predicted molar refractivity (Wildman–Crippen MR) is 85.6 cm³/mol. The normalized spacial score (nSPS) is 20.3. The van der Waals surface area contributed by atoms with Crippen molar-refractivity contribution in [2.45, 2.75) is 51.5 Å². The summed E-state index contributed by atoms with van der Waals surface area (Å²) in [6.07, 6.45) is 4.41. The van der Waals surface area contributed by atoms with Crippen LogP contribution in [0.1, 0.15) is 50.7 Å². The Hall–Kier alpha value is -1.06. The van der Waals surface area contributed by atoms with Gasteiger partial charge in [0.1, 0.15) is 0 Å². The number of halogens is 1. The molecule has 2 rings (SSSR count). The van der Waals surface area contributed by atoms with E-state index in [1.807, 2.05) is 19.1 Å². The van der Waals surface area contributed by atoms with Gasteiger partial charge in [-0.25, -0.2) is 0 Å². The molecule has 0 amide bonds. The minimum Gasteiger partial charge on any atom is -0.466 e. The number of rotatable bonds is 7. The van der Waals surface area contributed by atoms with Gasteiger partial charge < -0.3 is 10.1 Å². The lowest BCUT2D eigenvalue weighted by molar-refractivity contribution is -0.145. The first-order valence-corrected chi connectivity index (χ1v) is 8.19. The van der Waals surface area contributed by atoms with E-state index in [2.05, 4.69) is 18.3 Å². The first-order chi connectivity index (χ1) is 10.1. The standard InChI is InChI=1S/C17H24ClNO2/c1-3-5-11-19-17(12-16(20)21-4-2)10-9-13-14(17)7-6-8-15(13)18/h6-8,19H,3-5,9-12H2,1-2H3/t17-/m0/s1. The number of hydrogen-bond acceptors (Lipinski definition) is 3. The molecule has 1 aliphatic carbocycles. The Morgan fingerprint density at radius 3 is 2.95 bits per heavy atom. The molecule has 1 aromatic carbocycles. The van der Waals surface area contributed by atoms with E-state index in [0.29, 0.717) is 13.0 Å². The molecule has 0 spiro atoms. The Balaban J connectivity index is 2.26. The summed E-state index contributed by atoms with van der Waals surface area (Å²) in [6.45, 7) is 5.34. The monoisotopic (exact) mass is 309 g/mol. The number of unbranched alkanes of at least 4 members (excludes halogenated alkanes) is 1. The lowest BCUT2D eigenvalue weighted by Gasteiger charge is -2.31. The van der Waals surface area contributed by atoms with E-state index in [1.165, 1.54) is 11.1 Å². The molecule has 0 aromatic heterocycles. The van der Waals surface area contributed by atoms with Gasteiger partial charge in [-0.2, -0.15) is 0 Å². The summed E-state index contributed by atoms with van der Waals surface area (Å²) in [5.74, 6) is -0.144. The van der Waals surface area contributed by atoms with Crippen molar-refractivity contribution in [1.29, 1.82) is 0 Å². The third-order valence-corrected chi connectivity index (χ3v) is 4.54. The molecule has 3 nitrogen and oxygen atoms in total. The summed E-state index contributed by atoms with van der Waals surface area (Å²) in [4.78, 5) is 12.0. The molecule has 0 saturated carbocycles. The largest absolute Gasteiger partial charge is 0.466 e. The van der Waals surface area contributed by atoms with Gasteiger partial charge in [-0.15, -0.1) is 0 Å². The quantitative estimate of drug-likeness (QED) is 0.614. The molecule has 4 heteroatoms. The summed E-state index contributed by atoms with van der Waals surface area (Å²) < 4.78 is 5.17. The van der Waals surface area contributed by atoms with Gasteiger partial charge in [0.05, 0.1) is 18.6 Å². The lowest BCUT2D eigenvalue weighted by Crippen LogP contribution is -2.43. The molecule has 0 aliphatic heterocycles. The highest BCUT2D eigenvalue weighted by molar-refractivity contribution is 6.31. The van der Waals surface area contributed by atoms with Gasteiger partial charge in [-0.1, -0.05) is 37.1 Å². The smallest absolute Gasteiger partial charge is 0.308 e. The minimum atomic E-state index is -0.318. The molecule has 1 atom stereocenters. The Morgan fingerprint density at radius 2 is 2.24 bits per heavy atom. The van der Waals surface area contributed by atoms with Crippen molar-refractivity contribution in [3.63, 3.8) is 0 Å². The van der Waals surface area contributed by atoms with Crippen molar-refractivity contribution in [2.75, 3.05) is 13.2 Å². The zero-order valence-electron chi connectivity index (χ0n) is 12.9. The molecule has 1 N–H and O–H groups in total. The van der Waals surface area contributed by atoms with E-state index in [1.54, 1.807) is 0 Å². The minimum absolute atomic E-state index is 0.144. The van der Waals surface area contributed by atoms with Crippen molar-refractivity contribution in [3.8, 4) is 0 Å². The van der Waals surface area contributed by atoms with Crippen molar-refractivity contribution in [2.24, 2.45) is 0 Å². The zero-order chi connectivity index (χ0) is 15.3. The molecule has 0 fully saturated rings. The first kappa shape index (κ1) is 16.3. The van der Waals surface area contributed by atoms with Crippen LogP contribution in [0, 0.1) is 0 Å². The fourth-order valence-electron chi connectivity index (χ4n) is 3.13. The molecular weight excluding hydrogens is 286 g/mol. The highest BCUT2D eigenvalue weighted by Crippen LogP contribution is 2.42. The third kappa shape index (κ3) is 3.58.